The maximum Gasteiger partial charge on any atom is 0.273 e. The highest BCUT2D eigenvalue weighted by atomic mass is 16.5. The zero-order valence-corrected chi connectivity index (χ0v) is 13.7. The van der Waals surface area contributed by atoms with Crippen LogP contribution in [-0.2, 0) is 4.74 Å². The summed E-state index contributed by atoms with van der Waals surface area (Å²) in [4.78, 5) is 12.1. The van der Waals surface area contributed by atoms with E-state index in [4.69, 9.17) is 13.7 Å². The Labute approximate surface area is 139 Å². The Hall–Kier alpha value is -2.60. The molecular formula is C18H20N2O4. The summed E-state index contributed by atoms with van der Waals surface area (Å²) in [5, 5.41) is 7.58. The maximum atomic E-state index is 12.1. The summed E-state index contributed by atoms with van der Waals surface area (Å²) in [6, 6.07) is 11.1. The highest BCUT2D eigenvalue weighted by Gasteiger charge is 2.16. The Balaban J connectivity index is 1.59. The number of rotatable bonds is 7. The lowest BCUT2D eigenvalue weighted by atomic mass is 10.2. The predicted molar refractivity (Wildman–Crippen MR) is 89.7 cm³/mol. The number of carbonyl (C=O) groups is 1. The highest BCUT2D eigenvalue weighted by Crippen LogP contribution is 2.28. The topological polar surface area (TPSA) is 77.5 Å². The molecule has 1 aromatic carbocycles. The van der Waals surface area contributed by atoms with Crippen LogP contribution in [0.15, 0.2) is 45.3 Å². The van der Waals surface area contributed by atoms with Crippen LogP contribution in [0.3, 0.4) is 0 Å². The Morgan fingerprint density at radius 2 is 2.08 bits per heavy atom. The molecule has 0 aliphatic carbocycles. The van der Waals surface area contributed by atoms with Gasteiger partial charge in [-0.15, -0.1) is 0 Å². The van der Waals surface area contributed by atoms with E-state index in [-0.39, 0.29) is 17.7 Å². The van der Waals surface area contributed by atoms with Gasteiger partial charge in [0.2, 0.25) is 5.76 Å². The summed E-state index contributed by atoms with van der Waals surface area (Å²) in [6.07, 6.45) is 0.945. The average molecular weight is 328 g/mol. The molecule has 2 aromatic heterocycles. The van der Waals surface area contributed by atoms with E-state index in [0.29, 0.717) is 24.7 Å². The van der Waals surface area contributed by atoms with Gasteiger partial charge < -0.3 is 19.0 Å². The third-order valence-electron chi connectivity index (χ3n) is 3.47. The summed E-state index contributed by atoms with van der Waals surface area (Å²) in [7, 11) is 0. The molecule has 0 aliphatic heterocycles. The van der Waals surface area contributed by atoms with Gasteiger partial charge in [0.25, 0.3) is 5.91 Å². The minimum Gasteiger partial charge on any atom is -0.453 e. The standard InChI is InChI=1S/C18H20N2O4/c1-12(2)22-9-5-8-19-18(21)14-11-17(24-20-14)16-10-13-6-3-4-7-15(13)23-16/h3-4,6-7,10-12H,5,8-9H2,1-2H3,(H,19,21). The molecule has 1 N–H and O–H groups in total. The normalized spacial score (nSPS) is 11.3. The molecule has 1 amide bonds. The van der Waals surface area contributed by atoms with Crippen molar-refractivity contribution in [3.8, 4) is 11.5 Å². The molecule has 3 rings (SSSR count). The largest absolute Gasteiger partial charge is 0.453 e. The third kappa shape index (κ3) is 3.83. The average Bonchev–Trinajstić information content (AvgIpc) is 3.20. The first kappa shape index (κ1) is 16.3. The number of carbonyl (C=O) groups excluding carboxylic acids is 1. The molecule has 0 fully saturated rings. The van der Waals surface area contributed by atoms with E-state index in [1.807, 2.05) is 44.2 Å². The molecule has 6 heteroatoms. The summed E-state index contributed by atoms with van der Waals surface area (Å²) in [5.41, 5.74) is 0.996. The van der Waals surface area contributed by atoms with Gasteiger partial charge in [-0.05, 0) is 32.4 Å². The van der Waals surface area contributed by atoms with E-state index in [1.165, 1.54) is 0 Å². The number of hydrogen-bond acceptors (Lipinski definition) is 5. The number of aromatic nitrogens is 1. The number of hydrogen-bond donors (Lipinski definition) is 1. The highest BCUT2D eigenvalue weighted by molar-refractivity contribution is 5.93. The first-order chi connectivity index (χ1) is 11.6. The van der Waals surface area contributed by atoms with Crippen LogP contribution < -0.4 is 5.32 Å². The summed E-state index contributed by atoms with van der Waals surface area (Å²) >= 11 is 0. The van der Waals surface area contributed by atoms with E-state index >= 15 is 0 Å². The molecule has 24 heavy (non-hydrogen) atoms. The van der Waals surface area contributed by atoms with E-state index in [0.717, 1.165) is 17.4 Å². The second-order valence-corrected chi connectivity index (χ2v) is 5.75. The molecular weight excluding hydrogens is 308 g/mol. The van der Waals surface area contributed by atoms with Crippen LogP contribution in [0.1, 0.15) is 30.8 Å². The Kier molecular flexibility index (Phi) is 4.96. The zero-order chi connectivity index (χ0) is 16.9. The van der Waals surface area contributed by atoms with E-state index in [2.05, 4.69) is 10.5 Å². The molecule has 0 radical (unpaired) electrons. The van der Waals surface area contributed by atoms with Crippen molar-refractivity contribution in [1.29, 1.82) is 0 Å². The van der Waals surface area contributed by atoms with Gasteiger partial charge >= 0.3 is 0 Å². The van der Waals surface area contributed by atoms with E-state index < -0.39 is 0 Å². The van der Waals surface area contributed by atoms with Crippen molar-refractivity contribution in [1.82, 2.24) is 10.5 Å². The van der Waals surface area contributed by atoms with Crippen molar-refractivity contribution in [2.24, 2.45) is 0 Å². The second-order valence-electron chi connectivity index (χ2n) is 5.75. The molecule has 2 heterocycles. The number of para-hydroxylation sites is 1. The number of amides is 1. The molecule has 0 bridgehead atoms. The molecule has 3 aromatic rings. The van der Waals surface area contributed by atoms with Crippen LogP contribution in [0.2, 0.25) is 0 Å². The monoisotopic (exact) mass is 328 g/mol. The predicted octanol–water partition coefficient (Wildman–Crippen LogP) is 3.63. The number of nitrogens with one attached hydrogen (secondary N) is 1. The van der Waals surface area contributed by atoms with Crippen molar-refractivity contribution >= 4 is 16.9 Å². The van der Waals surface area contributed by atoms with Crippen LogP contribution in [0.5, 0.6) is 0 Å². The zero-order valence-electron chi connectivity index (χ0n) is 13.7. The number of benzene rings is 1. The van der Waals surface area contributed by atoms with Gasteiger partial charge in [-0.2, -0.15) is 0 Å². The van der Waals surface area contributed by atoms with Gasteiger partial charge in [-0.25, -0.2) is 0 Å². The SMILES string of the molecule is CC(C)OCCCNC(=O)c1cc(-c2cc3ccccc3o2)on1. The van der Waals surface area contributed by atoms with Crippen molar-refractivity contribution in [3.05, 3.63) is 42.1 Å². The minimum atomic E-state index is -0.273. The molecule has 0 atom stereocenters. The third-order valence-corrected chi connectivity index (χ3v) is 3.47. The second kappa shape index (κ2) is 7.31. The number of fused-ring (bicyclic) bond motifs is 1. The van der Waals surface area contributed by atoms with Gasteiger partial charge in [0, 0.05) is 24.6 Å². The summed E-state index contributed by atoms with van der Waals surface area (Å²) < 4.78 is 16.4. The van der Waals surface area contributed by atoms with Crippen LogP contribution >= 0.6 is 0 Å². The number of furan rings is 1. The molecule has 0 saturated heterocycles. The Morgan fingerprint density at radius 1 is 1.25 bits per heavy atom. The van der Waals surface area contributed by atoms with Crippen LogP contribution in [0.25, 0.3) is 22.5 Å². The quantitative estimate of drug-likeness (QED) is 0.670. The number of nitrogens with zero attached hydrogens (tertiary/aromatic N) is 1. The fraction of sp³-hybridized carbons (Fsp3) is 0.333. The molecule has 126 valence electrons. The lowest BCUT2D eigenvalue weighted by Gasteiger charge is -2.07. The molecule has 0 spiro atoms. The smallest absolute Gasteiger partial charge is 0.273 e. The lowest BCUT2D eigenvalue weighted by Crippen LogP contribution is -2.25. The van der Waals surface area contributed by atoms with Crippen LogP contribution in [0, 0.1) is 0 Å². The molecule has 0 unspecified atom stereocenters. The van der Waals surface area contributed by atoms with Crippen molar-refractivity contribution in [3.63, 3.8) is 0 Å². The van der Waals surface area contributed by atoms with E-state index in [9.17, 15) is 4.79 Å². The fourth-order valence-electron chi connectivity index (χ4n) is 2.29. The lowest BCUT2D eigenvalue weighted by molar-refractivity contribution is 0.0756. The maximum absolute atomic E-state index is 12.1. The summed E-state index contributed by atoms with van der Waals surface area (Å²) in [6.45, 7) is 5.10. The first-order valence-electron chi connectivity index (χ1n) is 7.99. The van der Waals surface area contributed by atoms with Gasteiger partial charge in [-0.1, -0.05) is 23.4 Å². The molecule has 0 aliphatic rings. The number of ether oxygens (including phenoxy) is 1. The van der Waals surface area contributed by atoms with Gasteiger partial charge in [-0.3, -0.25) is 4.79 Å². The molecule has 6 nitrogen and oxygen atoms in total. The van der Waals surface area contributed by atoms with Crippen molar-refractivity contribution in [2.75, 3.05) is 13.2 Å². The van der Waals surface area contributed by atoms with Gasteiger partial charge in [0.05, 0.1) is 6.10 Å². The van der Waals surface area contributed by atoms with Gasteiger partial charge in [0.1, 0.15) is 5.58 Å². The summed E-state index contributed by atoms with van der Waals surface area (Å²) in [5.74, 6) is 0.707. The van der Waals surface area contributed by atoms with E-state index in [1.54, 1.807) is 6.07 Å². The first-order valence-corrected chi connectivity index (χ1v) is 7.99. The minimum absolute atomic E-state index is 0.197. The van der Waals surface area contributed by atoms with Crippen molar-refractivity contribution in [2.45, 2.75) is 26.4 Å². The van der Waals surface area contributed by atoms with Crippen molar-refractivity contribution < 1.29 is 18.5 Å². The van der Waals surface area contributed by atoms with Crippen LogP contribution in [-0.4, -0.2) is 30.3 Å². The van der Waals surface area contributed by atoms with Gasteiger partial charge in [0.15, 0.2) is 11.5 Å². The molecule has 0 saturated carbocycles. The fourth-order valence-corrected chi connectivity index (χ4v) is 2.29. The Morgan fingerprint density at radius 3 is 2.88 bits per heavy atom. The van der Waals surface area contributed by atoms with Crippen LogP contribution in [0.4, 0.5) is 0 Å². The Bertz CT molecular complexity index is 786.